The first-order chi connectivity index (χ1) is 9.92. The number of anilines is 1. The Hall–Kier alpha value is -1.99. The van der Waals surface area contributed by atoms with E-state index in [4.69, 9.17) is 21.4 Å². The topological polar surface area (TPSA) is 99.1 Å². The maximum atomic E-state index is 12.1. The van der Waals surface area contributed by atoms with E-state index in [0.717, 1.165) is 4.90 Å². The Morgan fingerprint density at radius 3 is 2.81 bits per heavy atom. The molecule has 0 aliphatic carbocycles. The van der Waals surface area contributed by atoms with Gasteiger partial charge in [-0.25, -0.2) is 9.59 Å². The second-order valence-electron chi connectivity index (χ2n) is 4.68. The van der Waals surface area contributed by atoms with Crippen LogP contribution in [0.3, 0.4) is 0 Å². The molecule has 0 spiro atoms. The van der Waals surface area contributed by atoms with Gasteiger partial charge in [-0.05, 0) is 12.1 Å². The number of amides is 2. The van der Waals surface area contributed by atoms with Crippen LogP contribution in [0, 0.1) is 0 Å². The molecule has 1 saturated heterocycles. The summed E-state index contributed by atoms with van der Waals surface area (Å²) in [6.07, 6.45) is -0.816. The van der Waals surface area contributed by atoms with Crippen molar-refractivity contribution in [3.05, 3.63) is 23.2 Å². The highest BCUT2D eigenvalue weighted by Crippen LogP contribution is 2.28. The predicted molar refractivity (Wildman–Crippen MR) is 75.8 cm³/mol. The second kappa shape index (κ2) is 6.19. The first-order valence-electron chi connectivity index (χ1n) is 6.24. The Bertz CT molecular complexity index is 565. The minimum atomic E-state index is -1.14. The molecule has 114 valence electrons. The molecule has 0 radical (unpaired) electrons. The van der Waals surface area contributed by atoms with Gasteiger partial charge in [0.05, 0.1) is 18.2 Å². The van der Waals surface area contributed by atoms with Crippen LogP contribution in [-0.4, -0.2) is 52.9 Å². The van der Waals surface area contributed by atoms with Crippen LogP contribution >= 0.6 is 11.6 Å². The van der Waals surface area contributed by atoms with Gasteiger partial charge in [0, 0.05) is 24.7 Å². The van der Waals surface area contributed by atoms with Crippen LogP contribution in [-0.2, 0) is 4.79 Å². The number of ether oxygens (including phenoxy) is 1. The third kappa shape index (κ3) is 3.37. The summed E-state index contributed by atoms with van der Waals surface area (Å²) in [4.78, 5) is 24.3. The molecule has 0 saturated carbocycles. The Balaban J connectivity index is 2.12. The van der Waals surface area contributed by atoms with E-state index in [0.29, 0.717) is 16.5 Å². The van der Waals surface area contributed by atoms with Gasteiger partial charge in [-0.2, -0.15) is 0 Å². The van der Waals surface area contributed by atoms with Crippen LogP contribution in [0.1, 0.15) is 6.42 Å². The zero-order valence-corrected chi connectivity index (χ0v) is 12.0. The highest BCUT2D eigenvalue weighted by Gasteiger charge is 2.39. The second-order valence-corrected chi connectivity index (χ2v) is 5.08. The summed E-state index contributed by atoms with van der Waals surface area (Å²) in [5.74, 6) is -0.749. The zero-order valence-electron chi connectivity index (χ0n) is 11.2. The fourth-order valence-electron chi connectivity index (χ4n) is 2.21. The Morgan fingerprint density at radius 1 is 1.48 bits per heavy atom. The Morgan fingerprint density at radius 2 is 2.19 bits per heavy atom. The first-order valence-corrected chi connectivity index (χ1v) is 6.62. The van der Waals surface area contributed by atoms with Crippen LogP contribution in [0.25, 0.3) is 0 Å². The number of carbonyl (C=O) groups is 2. The van der Waals surface area contributed by atoms with Crippen molar-refractivity contribution in [1.82, 2.24) is 4.90 Å². The highest BCUT2D eigenvalue weighted by atomic mass is 35.5. The Labute approximate surface area is 126 Å². The predicted octanol–water partition coefficient (Wildman–Crippen LogP) is 1.40. The maximum Gasteiger partial charge on any atom is 0.326 e. The summed E-state index contributed by atoms with van der Waals surface area (Å²) in [5.41, 5.74) is 0.423. The van der Waals surface area contributed by atoms with Gasteiger partial charge < -0.3 is 25.2 Å². The number of aliphatic hydroxyl groups is 1. The van der Waals surface area contributed by atoms with Crippen LogP contribution < -0.4 is 10.1 Å². The number of carboxylic acids is 1. The number of nitrogens with zero attached hydrogens (tertiary/aromatic N) is 1. The van der Waals surface area contributed by atoms with E-state index < -0.39 is 24.1 Å². The molecule has 2 rings (SSSR count). The van der Waals surface area contributed by atoms with Crippen molar-refractivity contribution in [3.8, 4) is 5.75 Å². The molecular formula is C13H15ClN2O5. The average Bonchev–Trinajstić information content (AvgIpc) is 2.83. The molecule has 1 fully saturated rings. The number of urea groups is 1. The summed E-state index contributed by atoms with van der Waals surface area (Å²) < 4.78 is 5.04. The van der Waals surface area contributed by atoms with Crippen molar-refractivity contribution < 1.29 is 24.5 Å². The van der Waals surface area contributed by atoms with Crippen LogP contribution in [0.15, 0.2) is 18.2 Å². The average molecular weight is 315 g/mol. The van der Waals surface area contributed by atoms with E-state index in [1.54, 1.807) is 12.1 Å². The van der Waals surface area contributed by atoms with Gasteiger partial charge in [0.25, 0.3) is 0 Å². The van der Waals surface area contributed by atoms with Gasteiger partial charge in [0.1, 0.15) is 11.8 Å². The molecule has 8 heteroatoms. The zero-order chi connectivity index (χ0) is 15.6. The Kier molecular flexibility index (Phi) is 4.54. The monoisotopic (exact) mass is 314 g/mol. The molecule has 0 aromatic heterocycles. The van der Waals surface area contributed by atoms with E-state index >= 15 is 0 Å². The van der Waals surface area contributed by atoms with Gasteiger partial charge in [-0.1, -0.05) is 11.6 Å². The lowest BCUT2D eigenvalue weighted by atomic mass is 10.2. The molecule has 0 bridgehead atoms. The molecular weight excluding hydrogens is 300 g/mol. The number of aliphatic carboxylic acids is 1. The largest absolute Gasteiger partial charge is 0.495 e. The van der Waals surface area contributed by atoms with Gasteiger partial charge in [-0.3, -0.25) is 0 Å². The SMILES string of the molecule is COc1cc(NC(=O)N2CC(O)CC2C(=O)O)ccc1Cl. The van der Waals surface area contributed by atoms with Gasteiger partial charge in [-0.15, -0.1) is 0 Å². The quantitative estimate of drug-likeness (QED) is 0.783. The summed E-state index contributed by atoms with van der Waals surface area (Å²) in [6, 6.07) is 3.04. The van der Waals surface area contributed by atoms with E-state index in [2.05, 4.69) is 5.32 Å². The van der Waals surface area contributed by atoms with Crippen molar-refractivity contribution in [2.24, 2.45) is 0 Å². The van der Waals surface area contributed by atoms with Gasteiger partial charge in [0.15, 0.2) is 0 Å². The van der Waals surface area contributed by atoms with Crippen molar-refractivity contribution in [1.29, 1.82) is 0 Å². The molecule has 2 unspecified atom stereocenters. The number of hydrogen-bond acceptors (Lipinski definition) is 4. The molecule has 1 aromatic carbocycles. The van der Waals surface area contributed by atoms with Gasteiger partial charge >= 0.3 is 12.0 Å². The number of aliphatic hydroxyl groups excluding tert-OH is 1. The number of hydrogen-bond donors (Lipinski definition) is 3. The summed E-state index contributed by atoms with van der Waals surface area (Å²) >= 11 is 5.88. The van der Waals surface area contributed by atoms with Crippen LogP contribution in [0.2, 0.25) is 5.02 Å². The molecule has 2 amide bonds. The third-order valence-electron chi connectivity index (χ3n) is 3.23. The minimum Gasteiger partial charge on any atom is -0.495 e. The lowest BCUT2D eigenvalue weighted by molar-refractivity contribution is -0.141. The normalized spacial score (nSPS) is 21.2. The molecule has 1 aliphatic rings. The lowest BCUT2D eigenvalue weighted by Gasteiger charge is -2.21. The van der Waals surface area contributed by atoms with Crippen molar-refractivity contribution in [3.63, 3.8) is 0 Å². The number of carboxylic acid groups (broad SMARTS) is 1. The van der Waals surface area contributed by atoms with E-state index in [9.17, 15) is 14.7 Å². The maximum absolute atomic E-state index is 12.1. The number of methoxy groups -OCH3 is 1. The summed E-state index contributed by atoms with van der Waals surface area (Å²) in [6.45, 7) is -0.0203. The molecule has 3 N–H and O–H groups in total. The smallest absolute Gasteiger partial charge is 0.326 e. The number of halogens is 1. The number of benzene rings is 1. The lowest BCUT2D eigenvalue weighted by Crippen LogP contribution is -2.43. The first kappa shape index (κ1) is 15.4. The minimum absolute atomic E-state index is 0.0203. The molecule has 1 aromatic rings. The molecule has 1 heterocycles. The van der Waals surface area contributed by atoms with Crippen LogP contribution in [0.4, 0.5) is 10.5 Å². The number of β-amino-alcohol motifs (C(OH)–C–C–N with tert-alkyl or cyclic N) is 1. The van der Waals surface area contributed by atoms with Crippen molar-refractivity contribution in [2.75, 3.05) is 19.0 Å². The number of rotatable bonds is 3. The molecule has 7 nitrogen and oxygen atoms in total. The van der Waals surface area contributed by atoms with E-state index in [-0.39, 0.29) is 13.0 Å². The summed E-state index contributed by atoms with van der Waals surface area (Å²) in [7, 11) is 1.45. The fourth-order valence-corrected chi connectivity index (χ4v) is 2.40. The van der Waals surface area contributed by atoms with Crippen molar-refractivity contribution >= 4 is 29.3 Å². The van der Waals surface area contributed by atoms with Gasteiger partial charge in [0.2, 0.25) is 0 Å². The van der Waals surface area contributed by atoms with Crippen LogP contribution in [0.5, 0.6) is 5.75 Å². The highest BCUT2D eigenvalue weighted by molar-refractivity contribution is 6.32. The number of carbonyl (C=O) groups excluding carboxylic acids is 1. The summed E-state index contributed by atoms with van der Waals surface area (Å²) in [5, 5.41) is 21.6. The molecule has 1 aliphatic heterocycles. The fraction of sp³-hybridized carbons (Fsp3) is 0.385. The number of nitrogens with one attached hydrogen (secondary N) is 1. The molecule has 2 atom stereocenters. The van der Waals surface area contributed by atoms with Crippen molar-refractivity contribution in [2.45, 2.75) is 18.6 Å². The molecule has 21 heavy (non-hydrogen) atoms. The van der Waals surface area contributed by atoms with E-state index in [1.165, 1.54) is 13.2 Å². The number of likely N-dealkylation sites (tertiary alicyclic amines) is 1. The van der Waals surface area contributed by atoms with E-state index in [1.807, 2.05) is 0 Å². The standard InChI is InChI=1S/C13H15ClN2O5/c1-21-11-4-7(2-3-9(11)14)15-13(20)16-6-8(17)5-10(16)12(18)19/h2-4,8,10,17H,5-6H2,1H3,(H,15,20)(H,18,19). The third-order valence-corrected chi connectivity index (χ3v) is 3.54.